The summed E-state index contributed by atoms with van der Waals surface area (Å²) < 4.78 is 5.35. The van der Waals surface area contributed by atoms with Crippen molar-refractivity contribution in [3.05, 3.63) is 66.0 Å². The lowest BCUT2D eigenvalue weighted by Crippen LogP contribution is -2.31. The first kappa shape index (κ1) is 16.3. The largest absolute Gasteiger partial charge is 0.496 e. The SMILES string of the molecule is COc1ccccc1C(=O)N1CCCC1c1nc(-c2ccccc2)n[nH]1. The van der Waals surface area contributed by atoms with Crippen molar-refractivity contribution < 1.29 is 9.53 Å². The highest BCUT2D eigenvalue weighted by Gasteiger charge is 2.34. The highest BCUT2D eigenvalue weighted by Crippen LogP contribution is 2.33. The predicted octanol–water partition coefficient (Wildman–Crippen LogP) is 3.46. The average Bonchev–Trinajstić information content (AvgIpc) is 3.37. The summed E-state index contributed by atoms with van der Waals surface area (Å²) >= 11 is 0. The van der Waals surface area contributed by atoms with Crippen LogP contribution in [0.4, 0.5) is 0 Å². The number of nitrogens with zero attached hydrogens (tertiary/aromatic N) is 3. The number of hydrogen-bond donors (Lipinski definition) is 1. The zero-order valence-electron chi connectivity index (χ0n) is 14.6. The molecule has 1 atom stereocenters. The summed E-state index contributed by atoms with van der Waals surface area (Å²) in [5, 5.41) is 7.36. The Bertz CT molecular complexity index is 907. The van der Waals surface area contributed by atoms with Gasteiger partial charge in [0.2, 0.25) is 0 Å². The third kappa shape index (κ3) is 2.94. The molecule has 2 heterocycles. The van der Waals surface area contributed by atoms with E-state index in [1.54, 1.807) is 19.2 Å². The fourth-order valence-corrected chi connectivity index (χ4v) is 3.41. The van der Waals surface area contributed by atoms with Crippen LogP contribution in [0.2, 0.25) is 0 Å². The van der Waals surface area contributed by atoms with Crippen LogP contribution < -0.4 is 4.74 Å². The lowest BCUT2D eigenvalue weighted by Gasteiger charge is -2.23. The Morgan fingerprint density at radius 1 is 1.15 bits per heavy atom. The molecule has 1 N–H and O–H groups in total. The normalized spacial score (nSPS) is 16.7. The van der Waals surface area contributed by atoms with Gasteiger partial charge in [-0.05, 0) is 25.0 Å². The Morgan fingerprint density at radius 3 is 2.73 bits per heavy atom. The number of aromatic amines is 1. The lowest BCUT2D eigenvalue weighted by atomic mass is 10.1. The van der Waals surface area contributed by atoms with Gasteiger partial charge in [-0.25, -0.2) is 4.98 Å². The number of likely N-dealkylation sites (tertiary alicyclic amines) is 1. The molecule has 4 rings (SSSR count). The monoisotopic (exact) mass is 348 g/mol. The molecule has 1 aliphatic rings. The average molecular weight is 348 g/mol. The molecular weight excluding hydrogens is 328 g/mol. The van der Waals surface area contributed by atoms with E-state index in [1.165, 1.54) is 0 Å². The number of hydrogen-bond acceptors (Lipinski definition) is 4. The molecule has 0 saturated carbocycles. The van der Waals surface area contributed by atoms with Crippen LogP contribution in [-0.2, 0) is 0 Å². The van der Waals surface area contributed by atoms with Gasteiger partial charge >= 0.3 is 0 Å². The Hall–Kier alpha value is -3.15. The van der Waals surface area contributed by atoms with Crippen LogP contribution in [0.15, 0.2) is 54.6 Å². The van der Waals surface area contributed by atoms with Gasteiger partial charge in [-0.15, -0.1) is 0 Å². The van der Waals surface area contributed by atoms with Gasteiger partial charge in [0, 0.05) is 12.1 Å². The van der Waals surface area contributed by atoms with Crippen LogP contribution in [0, 0.1) is 0 Å². The van der Waals surface area contributed by atoms with E-state index in [2.05, 4.69) is 15.2 Å². The fourth-order valence-electron chi connectivity index (χ4n) is 3.41. The van der Waals surface area contributed by atoms with E-state index < -0.39 is 0 Å². The van der Waals surface area contributed by atoms with Crippen molar-refractivity contribution in [3.63, 3.8) is 0 Å². The second-order valence-electron chi connectivity index (χ2n) is 6.27. The first-order chi connectivity index (χ1) is 12.8. The summed E-state index contributed by atoms with van der Waals surface area (Å²) in [5.74, 6) is 1.93. The maximum Gasteiger partial charge on any atom is 0.258 e. The first-order valence-electron chi connectivity index (χ1n) is 8.69. The van der Waals surface area contributed by atoms with Crippen LogP contribution in [0.3, 0.4) is 0 Å². The minimum absolute atomic E-state index is 0.0392. The van der Waals surface area contributed by atoms with Gasteiger partial charge in [0.05, 0.1) is 18.7 Å². The second kappa shape index (κ2) is 7.00. The quantitative estimate of drug-likeness (QED) is 0.784. The molecule has 0 radical (unpaired) electrons. The van der Waals surface area contributed by atoms with E-state index in [9.17, 15) is 4.79 Å². The van der Waals surface area contributed by atoms with Crippen LogP contribution in [0.25, 0.3) is 11.4 Å². The maximum atomic E-state index is 13.1. The van der Waals surface area contributed by atoms with E-state index in [0.29, 0.717) is 23.7 Å². The highest BCUT2D eigenvalue weighted by molar-refractivity contribution is 5.97. The summed E-state index contributed by atoms with van der Waals surface area (Å²) in [6, 6.07) is 17.0. The van der Waals surface area contributed by atoms with E-state index in [0.717, 1.165) is 24.2 Å². The molecule has 3 aromatic rings. The topological polar surface area (TPSA) is 71.1 Å². The van der Waals surface area contributed by atoms with Crippen LogP contribution in [-0.4, -0.2) is 39.6 Å². The Balaban J connectivity index is 1.61. The standard InChI is InChI=1S/C20H20N4O2/c1-26-17-12-6-5-10-15(17)20(25)24-13-7-11-16(24)19-21-18(22-23-19)14-8-3-2-4-9-14/h2-6,8-10,12,16H,7,11,13H2,1H3,(H,21,22,23). The second-order valence-corrected chi connectivity index (χ2v) is 6.27. The van der Waals surface area contributed by atoms with Gasteiger partial charge < -0.3 is 9.64 Å². The molecule has 6 heteroatoms. The number of para-hydroxylation sites is 1. The van der Waals surface area contributed by atoms with Crippen molar-refractivity contribution in [3.8, 4) is 17.1 Å². The van der Waals surface area contributed by atoms with Crippen molar-refractivity contribution in [2.75, 3.05) is 13.7 Å². The number of H-pyrrole nitrogens is 1. The fraction of sp³-hybridized carbons (Fsp3) is 0.250. The maximum absolute atomic E-state index is 13.1. The van der Waals surface area contributed by atoms with E-state index in [-0.39, 0.29) is 11.9 Å². The van der Waals surface area contributed by atoms with Crippen LogP contribution in [0.5, 0.6) is 5.75 Å². The number of methoxy groups -OCH3 is 1. The molecule has 1 aliphatic heterocycles. The van der Waals surface area contributed by atoms with Gasteiger partial charge in [0.1, 0.15) is 11.6 Å². The molecule has 1 unspecified atom stereocenters. The molecule has 1 saturated heterocycles. The predicted molar refractivity (Wildman–Crippen MR) is 97.8 cm³/mol. The number of amides is 1. The third-order valence-corrected chi connectivity index (χ3v) is 4.70. The van der Waals surface area contributed by atoms with Gasteiger partial charge in [-0.3, -0.25) is 9.89 Å². The summed E-state index contributed by atoms with van der Waals surface area (Å²) in [7, 11) is 1.58. The van der Waals surface area contributed by atoms with Gasteiger partial charge in [0.25, 0.3) is 5.91 Å². The van der Waals surface area contributed by atoms with Crippen LogP contribution in [0.1, 0.15) is 35.1 Å². The first-order valence-corrected chi connectivity index (χ1v) is 8.69. The molecule has 1 aromatic heterocycles. The smallest absolute Gasteiger partial charge is 0.258 e. The van der Waals surface area contributed by atoms with Crippen molar-refractivity contribution in [1.82, 2.24) is 20.1 Å². The van der Waals surface area contributed by atoms with E-state index in [4.69, 9.17) is 4.74 Å². The summed E-state index contributed by atoms with van der Waals surface area (Å²) in [6.07, 6.45) is 1.80. The Labute approximate surface area is 151 Å². The summed E-state index contributed by atoms with van der Waals surface area (Å²) in [6.45, 7) is 0.697. The lowest BCUT2D eigenvalue weighted by molar-refractivity contribution is 0.0726. The number of rotatable bonds is 4. The number of ether oxygens (including phenoxy) is 1. The third-order valence-electron chi connectivity index (χ3n) is 4.70. The molecule has 0 bridgehead atoms. The summed E-state index contributed by atoms with van der Waals surface area (Å²) in [5.41, 5.74) is 1.53. The number of carbonyl (C=O) groups is 1. The molecule has 1 fully saturated rings. The molecule has 6 nitrogen and oxygen atoms in total. The zero-order valence-corrected chi connectivity index (χ0v) is 14.6. The van der Waals surface area contributed by atoms with Gasteiger partial charge in [0.15, 0.2) is 5.82 Å². The highest BCUT2D eigenvalue weighted by atomic mass is 16.5. The molecule has 1 amide bonds. The molecule has 0 aliphatic carbocycles. The molecule has 2 aromatic carbocycles. The molecular formula is C20H20N4O2. The zero-order chi connectivity index (χ0) is 17.9. The van der Waals surface area contributed by atoms with Gasteiger partial charge in [-0.1, -0.05) is 42.5 Å². The van der Waals surface area contributed by atoms with Crippen molar-refractivity contribution in [2.24, 2.45) is 0 Å². The Kier molecular flexibility index (Phi) is 4.39. The number of benzene rings is 2. The number of aromatic nitrogens is 3. The Morgan fingerprint density at radius 2 is 1.92 bits per heavy atom. The van der Waals surface area contributed by atoms with Crippen LogP contribution >= 0.6 is 0 Å². The van der Waals surface area contributed by atoms with Crippen molar-refractivity contribution in [1.29, 1.82) is 0 Å². The minimum Gasteiger partial charge on any atom is -0.496 e. The molecule has 0 spiro atoms. The van der Waals surface area contributed by atoms with Crippen molar-refractivity contribution >= 4 is 5.91 Å². The molecule has 26 heavy (non-hydrogen) atoms. The molecule has 132 valence electrons. The summed E-state index contributed by atoms with van der Waals surface area (Å²) in [4.78, 5) is 19.6. The van der Waals surface area contributed by atoms with Gasteiger partial charge in [-0.2, -0.15) is 5.10 Å². The minimum atomic E-state index is -0.0997. The van der Waals surface area contributed by atoms with E-state index >= 15 is 0 Å². The number of carbonyl (C=O) groups excluding carboxylic acids is 1. The van der Waals surface area contributed by atoms with Crippen molar-refractivity contribution in [2.45, 2.75) is 18.9 Å². The van der Waals surface area contributed by atoms with E-state index in [1.807, 2.05) is 47.4 Å². The number of nitrogens with one attached hydrogen (secondary N) is 1.